The van der Waals surface area contributed by atoms with Crippen molar-refractivity contribution in [1.82, 2.24) is 9.55 Å². The summed E-state index contributed by atoms with van der Waals surface area (Å²) < 4.78 is 1.77. The Hall–Kier alpha value is -3.08. The summed E-state index contributed by atoms with van der Waals surface area (Å²) in [6, 6.07) is 17.2. The van der Waals surface area contributed by atoms with Gasteiger partial charge in [0.15, 0.2) is 0 Å². The van der Waals surface area contributed by atoms with E-state index >= 15 is 0 Å². The number of imidazole rings is 1. The van der Waals surface area contributed by atoms with E-state index in [9.17, 15) is 4.79 Å². The fourth-order valence-electron chi connectivity index (χ4n) is 2.24. The smallest absolute Gasteiger partial charge is 0.247 e. The number of hydrogen-bond donors (Lipinski definition) is 2. The van der Waals surface area contributed by atoms with Crippen LogP contribution in [-0.2, 0) is 4.79 Å². The monoisotopic (exact) mass is 306 g/mol. The summed E-state index contributed by atoms with van der Waals surface area (Å²) in [6.07, 6.45) is 5.07. The van der Waals surface area contributed by atoms with Crippen molar-refractivity contribution in [2.45, 2.75) is 13.0 Å². The number of hydrogen-bond acceptors (Lipinski definition) is 3. The maximum Gasteiger partial charge on any atom is 0.247 e. The second kappa shape index (κ2) is 6.79. The maximum atomic E-state index is 12.3. The first-order chi connectivity index (χ1) is 11.2. The highest BCUT2D eigenvalue weighted by molar-refractivity contribution is 5.94. The van der Waals surface area contributed by atoms with Gasteiger partial charge in [0.2, 0.25) is 5.91 Å². The molecule has 1 aromatic heterocycles. The number of benzene rings is 2. The van der Waals surface area contributed by atoms with Gasteiger partial charge in [-0.25, -0.2) is 4.98 Å². The summed E-state index contributed by atoms with van der Waals surface area (Å²) in [4.78, 5) is 16.3. The molecule has 0 aliphatic heterocycles. The van der Waals surface area contributed by atoms with Crippen LogP contribution in [0.5, 0.6) is 0 Å². The Balaban J connectivity index is 1.69. The van der Waals surface area contributed by atoms with Gasteiger partial charge in [0.25, 0.3) is 0 Å². The molecule has 2 aromatic carbocycles. The number of carbonyl (C=O) groups excluding carboxylic acids is 1. The zero-order valence-electron chi connectivity index (χ0n) is 12.8. The van der Waals surface area contributed by atoms with Gasteiger partial charge in [-0.2, -0.15) is 0 Å². The SMILES string of the molecule is C[C@H](C(=O)Nc1cccc(Nc2ccccc2)c1)n1ccnc1. The highest BCUT2D eigenvalue weighted by Crippen LogP contribution is 2.20. The minimum atomic E-state index is -0.316. The quantitative estimate of drug-likeness (QED) is 0.753. The van der Waals surface area contributed by atoms with Crippen LogP contribution in [-0.4, -0.2) is 15.5 Å². The van der Waals surface area contributed by atoms with E-state index in [1.807, 2.05) is 61.5 Å². The van der Waals surface area contributed by atoms with Crippen molar-refractivity contribution in [3.63, 3.8) is 0 Å². The summed E-state index contributed by atoms with van der Waals surface area (Å²) in [7, 11) is 0. The fraction of sp³-hybridized carbons (Fsp3) is 0.111. The molecule has 0 aliphatic rings. The predicted octanol–water partition coefficient (Wildman–Crippen LogP) is 3.83. The maximum absolute atomic E-state index is 12.3. The van der Waals surface area contributed by atoms with Crippen molar-refractivity contribution < 1.29 is 4.79 Å². The minimum absolute atomic E-state index is 0.0835. The van der Waals surface area contributed by atoms with Crippen molar-refractivity contribution in [1.29, 1.82) is 0 Å². The second-order valence-corrected chi connectivity index (χ2v) is 5.25. The summed E-state index contributed by atoms with van der Waals surface area (Å²) in [5.41, 5.74) is 2.68. The zero-order valence-corrected chi connectivity index (χ0v) is 12.8. The normalized spacial score (nSPS) is 11.7. The minimum Gasteiger partial charge on any atom is -0.355 e. The van der Waals surface area contributed by atoms with Gasteiger partial charge in [0, 0.05) is 29.5 Å². The van der Waals surface area contributed by atoms with Gasteiger partial charge in [-0.15, -0.1) is 0 Å². The lowest BCUT2D eigenvalue weighted by atomic mass is 10.2. The molecule has 0 saturated carbocycles. The lowest BCUT2D eigenvalue weighted by Gasteiger charge is -2.14. The molecular weight excluding hydrogens is 288 g/mol. The molecule has 0 bridgehead atoms. The van der Waals surface area contributed by atoms with E-state index in [2.05, 4.69) is 15.6 Å². The molecule has 1 heterocycles. The molecule has 3 rings (SSSR count). The standard InChI is InChI=1S/C18H18N4O/c1-14(22-11-10-19-13-22)18(23)21-17-9-5-8-16(12-17)20-15-6-3-2-4-7-15/h2-14,20H,1H3,(H,21,23)/t14-/m1/s1. The molecule has 5 heteroatoms. The summed E-state index contributed by atoms with van der Waals surface area (Å²) >= 11 is 0. The molecule has 0 saturated heterocycles. The lowest BCUT2D eigenvalue weighted by Crippen LogP contribution is -2.22. The van der Waals surface area contributed by atoms with Crippen LogP contribution < -0.4 is 10.6 Å². The van der Waals surface area contributed by atoms with Gasteiger partial charge >= 0.3 is 0 Å². The summed E-state index contributed by atoms with van der Waals surface area (Å²) in [5.74, 6) is -0.0835. The Morgan fingerprint density at radius 2 is 1.78 bits per heavy atom. The molecule has 0 radical (unpaired) electrons. The van der Waals surface area contributed by atoms with Gasteiger partial charge in [0.1, 0.15) is 6.04 Å². The van der Waals surface area contributed by atoms with Gasteiger partial charge in [0.05, 0.1) is 6.33 Å². The van der Waals surface area contributed by atoms with Crippen LogP contribution in [0.1, 0.15) is 13.0 Å². The topological polar surface area (TPSA) is 59.0 Å². The Labute approximate surface area is 135 Å². The van der Waals surface area contributed by atoms with Crippen molar-refractivity contribution >= 4 is 23.0 Å². The van der Waals surface area contributed by atoms with Gasteiger partial charge in [-0.3, -0.25) is 4.79 Å². The molecule has 1 amide bonds. The third-order valence-electron chi connectivity index (χ3n) is 3.54. The van der Waals surface area contributed by atoms with E-state index < -0.39 is 0 Å². The van der Waals surface area contributed by atoms with Crippen molar-refractivity contribution in [2.75, 3.05) is 10.6 Å². The van der Waals surface area contributed by atoms with Gasteiger partial charge in [-0.05, 0) is 37.3 Å². The third-order valence-corrected chi connectivity index (χ3v) is 3.54. The molecule has 5 nitrogen and oxygen atoms in total. The summed E-state index contributed by atoms with van der Waals surface area (Å²) in [5, 5.41) is 6.24. The first-order valence-electron chi connectivity index (χ1n) is 7.43. The van der Waals surface area contributed by atoms with Crippen molar-refractivity contribution in [3.8, 4) is 0 Å². The van der Waals surface area contributed by atoms with Crippen LogP contribution in [0.15, 0.2) is 73.3 Å². The highest BCUT2D eigenvalue weighted by Gasteiger charge is 2.14. The number of aromatic nitrogens is 2. The van der Waals surface area contributed by atoms with Crippen molar-refractivity contribution in [3.05, 3.63) is 73.3 Å². The molecule has 2 N–H and O–H groups in total. The molecule has 0 spiro atoms. The van der Waals surface area contributed by atoms with E-state index in [4.69, 9.17) is 0 Å². The van der Waals surface area contributed by atoms with Crippen LogP contribution in [0.25, 0.3) is 0 Å². The molecule has 0 unspecified atom stereocenters. The molecular formula is C18H18N4O. The first-order valence-corrected chi connectivity index (χ1v) is 7.43. The van der Waals surface area contributed by atoms with Crippen LogP contribution in [0.4, 0.5) is 17.1 Å². The second-order valence-electron chi connectivity index (χ2n) is 5.25. The zero-order chi connectivity index (χ0) is 16.1. The van der Waals surface area contributed by atoms with E-state index in [0.717, 1.165) is 17.1 Å². The number of nitrogens with zero attached hydrogens (tertiary/aromatic N) is 2. The van der Waals surface area contributed by atoms with E-state index in [-0.39, 0.29) is 11.9 Å². The first kappa shape index (κ1) is 14.8. The molecule has 116 valence electrons. The number of amides is 1. The highest BCUT2D eigenvalue weighted by atomic mass is 16.2. The predicted molar refractivity (Wildman–Crippen MR) is 91.7 cm³/mol. The molecule has 23 heavy (non-hydrogen) atoms. The third kappa shape index (κ3) is 3.77. The van der Waals surface area contributed by atoms with Crippen LogP contribution in [0.3, 0.4) is 0 Å². The van der Waals surface area contributed by atoms with Gasteiger partial charge in [-0.1, -0.05) is 24.3 Å². The molecule has 3 aromatic rings. The number of rotatable bonds is 5. The van der Waals surface area contributed by atoms with Crippen molar-refractivity contribution in [2.24, 2.45) is 0 Å². The molecule has 0 aliphatic carbocycles. The lowest BCUT2D eigenvalue weighted by molar-refractivity contribution is -0.118. The fourth-order valence-corrected chi connectivity index (χ4v) is 2.24. The van der Waals surface area contributed by atoms with E-state index in [0.29, 0.717) is 0 Å². The Morgan fingerprint density at radius 3 is 2.52 bits per heavy atom. The molecule has 0 fully saturated rings. The average Bonchev–Trinajstić information content (AvgIpc) is 3.10. The number of anilines is 3. The number of nitrogens with one attached hydrogen (secondary N) is 2. The van der Waals surface area contributed by atoms with Gasteiger partial charge < -0.3 is 15.2 Å². The van der Waals surface area contributed by atoms with E-state index in [1.165, 1.54) is 0 Å². The number of para-hydroxylation sites is 1. The average molecular weight is 306 g/mol. The van der Waals surface area contributed by atoms with E-state index in [1.54, 1.807) is 23.3 Å². The van der Waals surface area contributed by atoms with Crippen LogP contribution >= 0.6 is 0 Å². The largest absolute Gasteiger partial charge is 0.355 e. The number of carbonyl (C=O) groups is 1. The Kier molecular flexibility index (Phi) is 4.38. The Bertz CT molecular complexity index is 769. The summed E-state index contributed by atoms with van der Waals surface area (Å²) in [6.45, 7) is 1.84. The van der Waals surface area contributed by atoms with Crippen LogP contribution in [0, 0.1) is 0 Å². The Morgan fingerprint density at radius 1 is 1.04 bits per heavy atom. The molecule has 1 atom stereocenters. The van der Waals surface area contributed by atoms with Crippen LogP contribution in [0.2, 0.25) is 0 Å².